The predicted octanol–water partition coefficient (Wildman–Crippen LogP) is 6.91. The van der Waals surface area contributed by atoms with Gasteiger partial charge >= 0.3 is 0 Å². The van der Waals surface area contributed by atoms with Gasteiger partial charge in [-0.1, -0.05) is 96.5 Å². The van der Waals surface area contributed by atoms with E-state index in [9.17, 15) is 0 Å². The first-order valence-electron chi connectivity index (χ1n) is 10.8. The Morgan fingerprint density at radius 3 is 1.66 bits per heavy atom. The molecule has 0 spiro atoms. The normalized spacial score (nSPS) is 11.2. The van der Waals surface area contributed by atoms with E-state index in [1.54, 1.807) is 0 Å². The second kappa shape index (κ2) is 7.58. The van der Waals surface area contributed by atoms with E-state index >= 15 is 0 Å². The molecule has 2 radical (unpaired) electrons. The minimum absolute atomic E-state index is 0.781. The monoisotopic (exact) mass is 405 g/mol. The Morgan fingerprint density at radius 1 is 0.438 bits per heavy atom. The summed E-state index contributed by atoms with van der Waals surface area (Å²) in [6, 6.07) is 42.7. The van der Waals surface area contributed by atoms with E-state index in [1.165, 1.54) is 38.5 Å². The maximum atomic E-state index is 6.15. The minimum Gasteiger partial charge on any atom is -0.309 e. The van der Waals surface area contributed by atoms with Crippen LogP contribution in [0.1, 0.15) is 0 Å². The van der Waals surface area contributed by atoms with Crippen molar-refractivity contribution in [2.75, 3.05) is 0 Å². The fourth-order valence-electron chi connectivity index (χ4n) is 4.60. The summed E-state index contributed by atoms with van der Waals surface area (Å²) in [4.78, 5) is 0. The summed E-state index contributed by atoms with van der Waals surface area (Å²) >= 11 is 0. The average molecular weight is 405 g/mol. The number of hydrogen-bond acceptors (Lipinski definition) is 0. The van der Waals surface area contributed by atoms with Crippen LogP contribution in [0.2, 0.25) is 0 Å². The molecule has 2 heteroatoms. The average Bonchev–Trinajstić information content (AvgIpc) is 3.18. The largest absolute Gasteiger partial charge is 0.309 e. The Kier molecular flexibility index (Phi) is 4.43. The van der Waals surface area contributed by atoms with Gasteiger partial charge in [-0.15, -0.1) is 0 Å². The van der Waals surface area contributed by atoms with Crippen LogP contribution in [0, 0.1) is 0 Å². The third-order valence-electron chi connectivity index (χ3n) is 6.09. The first kappa shape index (κ1) is 18.7. The molecule has 5 aromatic carbocycles. The van der Waals surface area contributed by atoms with Crippen molar-refractivity contribution in [1.29, 1.82) is 0 Å². The first-order valence-corrected chi connectivity index (χ1v) is 10.8. The molecule has 0 atom stereocenters. The van der Waals surface area contributed by atoms with E-state index in [2.05, 4.69) is 120 Å². The standard InChI is InChI=1S/C30H20BN/c31-25-15-16-30-28(20-25)27-13-7-8-14-29(27)32(30)26-18-23(21-9-3-1-4-10-21)17-24(19-26)22-11-5-2-6-12-22/h1-20H. The quantitative estimate of drug-likeness (QED) is 0.282. The van der Waals surface area contributed by atoms with Gasteiger partial charge in [-0.3, -0.25) is 0 Å². The molecule has 1 heterocycles. The lowest BCUT2D eigenvalue weighted by atomic mass is 9.94. The van der Waals surface area contributed by atoms with Gasteiger partial charge < -0.3 is 4.57 Å². The molecule has 1 nitrogen and oxygen atoms in total. The molecule has 6 rings (SSSR count). The Morgan fingerprint density at radius 2 is 1.00 bits per heavy atom. The number of benzene rings is 5. The fraction of sp³-hybridized carbons (Fsp3) is 0. The van der Waals surface area contributed by atoms with E-state index in [4.69, 9.17) is 7.85 Å². The van der Waals surface area contributed by atoms with Crippen molar-refractivity contribution in [3.8, 4) is 27.9 Å². The Hall–Kier alpha value is -4.04. The van der Waals surface area contributed by atoms with E-state index < -0.39 is 0 Å². The van der Waals surface area contributed by atoms with Crippen molar-refractivity contribution in [3.63, 3.8) is 0 Å². The Labute approximate surface area is 189 Å². The zero-order valence-electron chi connectivity index (χ0n) is 17.6. The highest BCUT2D eigenvalue weighted by Crippen LogP contribution is 2.35. The summed E-state index contributed by atoms with van der Waals surface area (Å²) in [5.74, 6) is 0. The molecule has 0 N–H and O–H groups in total. The summed E-state index contributed by atoms with van der Waals surface area (Å²) in [5, 5.41) is 2.38. The molecule has 0 saturated heterocycles. The highest BCUT2D eigenvalue weighted by molar-refractivity contribution is 6.33. The molecule has 1 aromatic heterocycles. The van der Waals surface area contributed by atoms with Crippen LogP contribution in [0.5, 0.6) is 0 Å². The van der Waals surface area contributed by atoms with Crippen LogP contribution >= 0.6 is 0 Å². The first-order chi connectivity index (χ1) is 15.8. The molecule has 0 aliphatic rings. The van der Waals surface area contributed by atoms with Gasteiger partial charge in [-0.25, -0.2) is 0 Å². The number of para-hydroxylation sites is 1. The molecule has 0 unspecified atom stereocenters. The summed E-state index contributed by atoms with van der Waals surface area (Å²) in [6.07, 6.45) is 0. The fourth-order valence-corrected chi connectivity index (χ4v) is 4.60. The van der Waals surface area contributed by atoms with Crippen LogP contribution in [-0.4, -0.2) is 12.4 Å². The van der Waals surface area contributed by atoms with Crippen LogP contribution in [0.15, 0.2) is 121 Å². The van der Waals surface area contributed by atoms with Gasteiger partial charge in [-0.2, -0.15) is 0 Å². The highest BCUT2D eigenvalue weighted by atomic mass is 15.0. The van der Waals surface area contributed by atoms with Gasteiger partial charge in [0.05, 0.1) is 11.0 Å². The van der Waals surface area contributed by atoms with Crippen molar-refractivity contribution in [3.05, 3.63) is 121 Å². The minimum atomic E-state index is 0.781. The van der Waals surface area contributed by atoms with Crippen molar-refractivity contribution in [2.45, 2.75) is 0 Å². The molecule has 0 saturated carbocycles. The summed E-state index contributed by atoms with van der Waals surface area (Å²) in [6.45, 7) is 0. The number of fused-ring (bicyclic) bond motifs is 3. The van der Waals surface area contributed by atoms with Gasteiger partial charge in [0.1, 0.15) is 7.85 Å². The van der Waals surface area contributed by atoms with Crippen LogP contribution in [0.25, 0.3) is 49.7 Å². The van der Waals surface area contributed by atoms with Gasteiger partial charge in [-0.05, 0) is 52.6 Å². The third kappa shape index (κ3) is 3.12. The van der Waals surface area contributed by atoms with Crippen LogP contribution in [0.4, 0.5) is 0 Å². The van der Waals surface area contributed by atoms with E-state index in [0.717, 1.165) is 16.7 Å². The van der Waals surface area contributed by atoms with E-state index in [1.807, 2.05) is 6.07 Å². The molecular weight excluding hydrogens is 385 g/mol. The van der Waals surface area contributed by atoms with E-state index in [0.29, 0.717) is 0 Å². The number of rotatable bonds is 3. The maximum absolute atomic E-state index is 6.15. The lowest BCUT2D eigenvalue weighted by Gasteiger charge is -2.14. The van der Waals surface area contributed by atoms with E-state index in [-0.39, 0.29) is 0 Å². The van der Waals surface area contributed by atoms with Crippen LogP contribution < -0.4 is 5.46 Å². The summed E-state index contributed by atoms with van der Waals surface area (Å²) < 4.78 is 2.35. The molecule has 0 amide bonds. The van der Waals surface area contributed by atoms with Gasteiger partial charge in [0.15, 0.2) is 0 Å². The molecule has 0 aliphatic carbocycles. The highest BCUT2D eigenvalue weighted by Gasteiger charge is 2.14. The number of hydrogen-bond donors (Lipinski definition) is 0. The second-order valence-corrected chi connectivity index (χ2v) is 8.13. The zero-order valence-corrected chi connectivity index (χ0v) is 17.6. The molecular formula is C30H20BN. The van der Waals surface area contributed by atoms with Gasteiger partial charge in [0.2, 0.25) is 0 Å². The Bertz CT molecular complexity index is 1510. The maximum Gasteiger partial charge on any atom is 0.113 e. The van der Waals surface area contributed by atoms with Gasteiger partial charge in [0.25, 0.3) is 0 Å². The lowest BCUT2D eigenvalue weighted by Crippen LogP contribution is -2.01. The predicted molar refractivity (Wildman–Crippen MR) is 137 cm³/mol. The zero-order chi connectivity index (χ0) is 21.5. The lowest BCUT2D eigenvalue weighted by molar-refractivity contribution is 1.18. The molecule has 0 bridgehead atoms. The van der Waals surface area contributed by atoms with Crippen molar-refractivity contribution in [1.82, 2.24) is 4.57 Å². The van der Waals surface area contributed by atoms with Crippen LogP contribution in [0.3, 0.4) is 0 Å². The molecule has 148 valence electrons. The molecule has 32 heavy (non-hydrogen) atoms. The Balaban J connectivity index is 1.70. The molecule has 6 aromatic rings. The number of aromatic nitrogens is 1. The van der Waals surface area contributed by atoms with Crippen molar-refractivity contribution >= 4 is 35.1 Å². The second-order valence-electron chi connectivity index (χ2n) is 8.13. The summed E-state index contributed by atoms with van der Waals surface area (Å²) in [7, 11) is 6.15. The van der Waals surface area contributed by atoms with Crippen molar-refractivity contribution in [2.24, 2.45) is 0 Å². The van der Waals surface area contributed by atoms with Crippen molar-refractivity contribution < 1.29 is 0 Å². The third-order valence-corrected chi connectivity index (χ3v) is 6.09. The van der Waals surface area contributed by atoms with Gasteiger partial charge in [0, 0.05) is 16.5 Å². The summed E-state index contributed by atoms with van der Waals surface area (Å²) in [5.41, 5.74) is 9.06. The molecule has 0 aliphatic heterocycles. The molecule has 0 fully saturated rings. The SMILES string of the molecule is [B]c1ccc2c(c1)c1ccccc1n2-c1cc(-c2ccccc2)cc(-c2ccccc2)c1. The topological polar surface area (TPSA) is 4.93 Å². The number of nitrogens with zero attached hydrogens (tertiary/aromatic N) is 1. The smallest absolute Gasteiger partial charge is 0.113 e. The van der Waals surface area contributed by atoms with Crippen LogP contribution in [-0.2, 0) is 0 Å².